The Hall–Kier alpha value is -1.81. The Morgan fingerprint density at radius 1 is 0.882 bits per heavy atom. The summed E-state index contributed by atoms with van der Waals surface area (Å²) in [4.78, 5) is 0.198. The molecule has 0 unspecified atom stereocenters. The van der Waals surface area contributed by atoms with E-state index >= 15 is 0 Å². The predicted octanol–water partition coefficient (Wildman–Crippen LogP) is 2.88. The molecule has 2 aromatic carbocycles. The Morgan fingerprint density at radius 2 is 1.47 bits per heavy atom. The largest absolute Gasteiger partial charge is 0.456 e. The van der Waals surface area contributed by atoms with E-state index in [0.29, 0.717) is 11.5 Å². The molecule has 0 aliphatic carbocycles. The molecule has 3 nitrogen and oxygen atoms in total. The van der Waals surface area contributed by atoms with Gasteiger partial charge in [0.2, 0.25) is 0 Å². The SMILES string of the molecule is CS(=O)(=O)c1ccccc1Oc1ccccc1. The standard InChI is InChI=1S/C13H12O3S/c1-17(14,15)13-10-6-5-9-12(13)16-11-7-3-2-4-8-11/h2-10H,1H3. The van der Waals surface area contributed by atoms with Crippen molar-refractivity contribution >= 4 is 9.84 Å². The highest BCUT2D eigenvalue weighted by Crippen LogP contribution is 2.28. The van der Waals surface area contributed by atoms with Crippen LogP contribution in [0, 0.1) is 0 Å². The van der Waals surface area contributed by atoms with Crippen molar-refractivity contribution in [3.63, 3.8) is 0 Å². The first-order valence-corrected chi connectivity index (χ1v) is 6.98. The lowest BCUT2D eigenvalue weighted by atomic mass is 10.3. The maximum absolute atomic E-state index is 11.6. The van der Waals surface area contributed by atoms with Crippen LogP contribution in [0.5, 0.6) is 11.5 Å². The zero-order chi connectivity index (χ0) is 12.3. The molecule has 4 heteroatoms. The van der Waals surface area contributed by atoms with Crippen LogP contribution < -0.4 is 4.74 Å². The summed E-state index contributed by atoms with van der Waals surface area (Å²) in [7, 11) is -3.28. The molecule has 88 valence electrons. The lowest BCUT2D eigenvalue weighted by Gasteiger charge is -2.09. The van der Waals surface area contributed by atoms with Crippen molar-refractivity contribution in [1.29, 1.82) is 0 Å². The predicted molar refractivity (Wildman–Crippen MR) is 66.1 cm³/mol. The van der Waals surface area contributed by atoms with Crippen molar-refractivity contribution < 1.29 is 13.2 Å². The first-order valence-electron chi connectivity index (χ1n) is 5.09. The van der Waals surface area contributed by atoms with Crippen LogP contribution in [0.1, 0.15) is 0 Å². The summed E-state index contributed by atoms with van der Waals surface area (Å²) in [5, 5.41) is 0. The van der Waals surface area contributed by atoms with Gasteiger partial charge < -0.3 is 4.74 Å². The Labute approximate surface area is 101 Å². The molecule has 0 N–H and O–H groups in total. The minimum absolute atomic E-state index is 0.198. The zero-order valence-electron chi connectivity index (χ0n) is 9.33. The molecule has 0 atom stereocenters. The summed E-state index contributed by atoms with van der Waals surface area (Å²) >= 11 is 0. The van der Waals surface area contributed by atoms with Crippen molar-refractivity contribution in [3.8, 4) is 11.5 Å². The second kappa shape index (κ2) is 4.59. The lowest BCUT2D eigenvalue weighted by Crippen LogP contribution is -1.99. The van der Waals surface area contributed by atoms with Gasteiger partial charge in [0.15, 0.2) is 9.84 Å². The van der Waals surface area contributed by atoms with Crippen molar-refractivity contribution in [3.05, 3.63) is 54.6 Å². The molecule has 2 rings (SSSR count). The number of ether oxygens (including phenoxy) is 1. The normalized spacial score (nSPS) is 11.1. The molecule has 0 heterocycles. The van der Waals surface area contributed by atoms with Gasteiger partial charge in [-0.3, -0.25) is 0 Å². The number of hydrogen-bond donors (Lipinski definition) is 0. The van der Waals surface area contributed by atoms with E-state index in [-0.39, 0.29) is 4.90 Å². The first-order chi connectivity index (χ1) is 8.07. The summed E-state index contributed by atoms with van der Waals surface area (Å²) < 4.78 is 28.7. The van der Waals surface area contributed by atoms with Gasteiger partial charge in [-0.05, 0) is 24.3 Å². The summed E-state index contributed by atoms with van der Waals surface area (Å²) in [5.74, 6) is 0.963. The van der Waals surface area contributed by atoms with Crippen LogP contribution >= 0.6 is 0 Å². The topological polar surface area (TPSA) is 43.4 Å². The van der Waals surface area contributed by atoms with Gasteiger partial charge in [-0.1, -0.05) is 30.3 Å². The maximum Gasteiger partial charge on any atom is 0.179 e. The van der Waals surface area contributed by atoms with E-state index in [1.165, 1.54) is 12.3 Å². The highest BCUT2D eigenvalue weighted by atomic mass is 32.2. The number of hydrogen-bond acceptors (Lipinski definition) is 3. The van der Waals surface area contributed by atoms with E-state index in [2.05, 4.69) is 0 Å². The molecule has 0 spiro atoms. The van der Waals surface area contributed by atoms with Gasteiger partial charge in [-0.2, -0.15) is 0 Å². The van der Waals surface area contributed by atoms with Crippen molar-refractivity contribution in [1.82, 2.24) is 0 Å². The minimum atomic E-state index is -3.28. The summed E-state index contributed by atoms with van der Waals surface area (Å²) in [5.41, 5.74) is 0. The second-order valence-electron chi connectivity index (χ2n) is 3.63. The zero-order valence-corrected chi connectivity index (χ0v) is 10.1. The van der Waals surface area contributed by atoms with Gasteiger partial charge in [0.1, 0.15) is 16.4 Å². The quantitative estimate of drug-likeness (QED) is 0.838. The van der Waals surface area contributed by atoms with Crippen LogP contribution in [0.2, 0.25) is 0 Å². The fourth-order valence-corrected chi connectivity index (χ4v) is 2.26. The van der Waals surface area contributed by atoms with Gasteiger partial charge in [0.05, 0.1) is 0 Å². The molecule has 0 aromatic heterocycles. The van der Waals surface area contributed by atoms with Crippen molar-refractivity contribution in [2.45, 2.75) is 4.90 Å². The smallest absolute Gasteiger partial charge is 0.179 e. The molecule has 0 amide bonds. The third kappa shape index (κ3) is 2.85. The van der Waals surface area contributed by atoms with Crippen molar-refractivity contribution in [2.75, 3.05) is 6.26 Å². The van der Waals surface area contributed by atoms with Crippen LogP contribution in [0.15, 0.2) is 59.5 Å². The Bertz CT molecular complexity index is 604. The third-order valence-electron chi connectivity index (χ3n) is 2.22. The van der Waals surface area contributed by atoms with Crippen LogP contribution in [-0.2, 0) is 9.84 Å². The minimum Gasteiger partial charge on any atom is -0.456 e. The molecule has 2 aromatic rings. The fraction of sp³-hybridized carbons (Fsp3) is 0.0769. The summed E-state index contributed by atoms with van der Waals surface area (Å²) in [6.45, 7) is 0. The average Bonchev–Trinajstić information content (AvgIpc) is 2.30. The number of benzene rings is 2. The monoisotopic (exact) mass is 248 g/mol. The van der Waals surface area contributed by atoms with E-state index in [9.17, 15) is 8.42 Å². The lowest BCUT2D eigenvalue weighted by molar-refractivity contribution is 0.468. The number of sulfone groups is 1. The molecule has 0 bridgehead atoms. The van der Waals surface area contributed by atoms with E-state index < -0.39 is 9.84 Å². The van der Waals surface area contributed by atoms with Gasteiger partial charge in [-0.25, -0.2) is 8.42 Å². The van der Waals surface area contributed by atoms with Crippen molar-refractivity contribution in [2.24, 2.45) is 0 Å². The molecule has 0 radical (unpaired) electrons. The molecule has 0 saturated carbocycles. The highest BCUT2D eigenvalue weighted by molar-refractivity contribution is 7.90. The Kier molecular flexibility index (Phi) is 3.15. The number of para-hydroxylation sites is 2. The molecule has 0 fully saturated rings. The number of rotatable bonds is 3. The average molecular weight is 248 g/mol. The van der Waals surface area contributed by atoms with E-state index in [1.54, 1.807) is 30.3 Å². The summed E-state index contributed by atoms with van der Waals surface area (Å²) in [6, 6.07) is 15.7. The van der Waals surface area contributed by atoms with E-state index in [1.807, 2.05) is 18.2 Å². The Balaban J connectivity index is 2.41. The second-order valence-corrected chi connectivity index (χ2v) is 5.62. The Morgan fingerprint density at radius 3 is 2.12 bits per heavy atom. The van der Waals surface area contributed by atoms with Gasteiger partial charge >= 0.3 is 0 Å². The highest BCUT2D eigenvalue weighted by Gasteiger charge is 2.13. The van der Waals surface area contributed by atoms with Gasteiger partial charge in [-0.15, -0.1) is 0 Å². The van der Waals surface area contributed by atoms with E-state index in [4.69, 9.17) is 4.74 Å². The summed E-state index contributed by atoms with van der Waals surface area (Å²) in [6.07, 6.45) is 1.17. The van der Waals surface area contributed by atoms with Gasteiger partial charge in [0, 0.05) is 6.26 Å². The van der Waals surface area contributed by atoms with E-state index in [0.717, 1.165) is 0 Å². The van der Waals surface area contributed by atoms with Crippen LogP contribution in [0.25, 0.3) is 0 Å². The molecule has 0 aliphatic rings. The van der Waals surface area contributed by atoms with Crippen LogP contribution in [-0.4, -0.2) is 14.7 Å². The first kappa shape index (κ1) is 11.7. The molecular formula is C13H12O3S. The molecular weight excluding hydrogens is 236 g/mol. The fourth-order valence-electron chi connectivity index (χ4n) is 1.46. The molecule has 0 aliphatic heterocycles. The van der Waals surface area contributed by atoms with Gasteiger partial charge in [0.25, 0.3) is 0 Å². The third-order valence-corrected chi connectivity index (χ3v) is 3.36. The molecule has 17 heavy (non-hydrogen) atoms. The van der Waals surface area contributed by atoms with Crippen LogP contribution in [0.3, 0.4) is 0 Å². The maximum atomic E-state index is 11.6. The molecule has 0 saturated heterocycles. The van der Waals surface area contributed by atoms with Crippen LogP contribution in [0.4, 0.5) is 0 Å².